The highest BCUT2D eigenvalue weighted by atomic mass is 32.1. The number of carbonyl (C=O) groups excluding carboxylic acids is 1. The summed E-state index contributed by atoms with van der Waals surface area (Å²) in [5.74, 6) is 1.19. The van der Waals surface area contributed by atoms with Gasteiger partial charge < -0.3 is 9.64 Å². The summed E-state index contributed by atoms with van der Waals surface area (Å²) in [4.78, 5) is 14.6. The number of aryl methyl sites for hydroxylation is 1. The summed E-state index contributed by atoms with van der Waals surface area (Å²) in [5.41, 5.74) is 2.92. The molecule has 0 saturated carbocycles. The van der Waals surface area contributed by atoms with Gasteiger partial charge in [0.05, 0.1) is 6.61 Å². The minimum atomic E-state index is -0.197. The molecule has 2 aromatic rings. The lowest BCUT2D eigenvalue weighted by atomic mass is 10.0. The van der Waals surface area contributed by atoms with Crippen LogP contribution in [0.3, 0.4) is 0 Å². The first-order chi connectivity index (χ1) is 13.0. The van der Waals surface area contributed by atoms with E-state index in [9.17, 15) is 4.79 Å². The van der Waals surface area contributed by atoms with E-state index in [1.54, 1.807) is 12.1 Å². The van der Waals surface area contributed by atoms with Crippen molar-refractivity contribution in [2.24, 2.45) is 5.92 Å². The molecule has 0 unspecified atom stereocenters. The van der Waals surface area contributed by atoms with E-state index in [0.717, 1.165) is 37.2 Å². The number of thiocarbonyl (C=S) groups is 1. The zero-order chi connectivity index (χ0) is 19.2. The van der Waals surface area contributed by atoms with Crippen LogP contribution < -0.4 is 15.0 Å². The molecule has 1 amide bonds. The van der Waals surface area contributed by atoms with E-state index in [0.29, 0.717) is 23.2 Å². The quantitative estimate of drug-likeness (QED) is 0.769. The number of rotatable bonds is 5. The third-order valence-electron chi connectivity index (χ3n) is 4.66. The summed E-state index contributed by atoms with van der Waals surface area (Å²) in [7, 11) is 0. The van der Waals surface area contributed by atoms with Crippen LogP contribution >= 0.6 is 12.2 Å². The highest BCUT2D eigenvalue weighted by Crippen LogP contribution is 2.26. The molecular weight excluding hydrogens is 356 g/mol. The highest BCUT2D eigenvalue weighted by molar-refractivity contribution is 7.80. The lowest BCUT2D eigenvalue weighted by Crippen LogP contribution is -2.45. The molecular formula is C22H26N2O2S. The van der Waals surface area contributed by atoms with Crippen molar-refractivity contribution < 1.29 is 9.53 Å². The molecule has 0 atom stereocenters. The number of nitrogens with zero attached hydrogens (tertiary/aromatic N) is 1. The number of nitrogens with one attached hydrogen (secondary N) is 1. The Morgan fingerprint density at radius 3 is 2.67 bits per heavy atom. The molecule has 0 aromatic heterocycles. The first-order valence-corrected chi connectivity index (χ1v) is 9.89. The highest BCUT2D eigenvalue weighted by Gasteiger charge is 2.21. The maximum absolute atomic E-state index is 12.6. The molecule has 1 aliphatic heterocycles. The minimum absolute atomic E-state index is 0.197. The van der Waals surface area contributed by atoms with E-state index < -0.39 is 0 Å². The van der Waals surface area contributed by atoms with Crippen molar-refractivity contribution in [1.29, 1.82) is 0 Å². The van der Waals surface area contributed by atoms with Gasteiger partial charge in [-0.2, -0.15) is 0 Å². The van der Waals surface area contributed by atoms with E-state index >= 15 is 0 Å². The number of para-hydroxylation sites is 1. The number of hydrogen-bond donors (Lipinski definition) is 1. The second-order valence-corrected chi connectivity index (χ2v) is 7.59. The summed E-state index contributed by atoms with van der Waals surface area (Å²) in [6, 6.07) is 15.4. The fourth-order valence-electron chi connectivity index (χ4n) is 3.10. The average Bonchev–Trinajstić information content (AvgIpc) is 2.67. The fraction of sp³-hybridized carbons (Fsp3) is 0.364. The second-order valence-electron chi connectivity index (χ2n) is 7.20. The maximum Gasteiger partial charge on any atom is 0.257 e. The molecule has 0 radical (unpaired) electrons. The number of amides is 1. The van der Waals surface area contributed by atoms with E-state index in [-0.39, 0.29) is 5.91 Å². The molecule has 27 heavy (non-hydrogen) atoms. The lowest BCUT2D eigenvalue weighted by molar-refractivity contribution is 0.0977. The number of carbonyl (C=O) groups is 1. The van der Waals surface area contributed by atoms with Crippen molar-refractivity contribution >= 4 is 28.9 Å². The number of hydrogen-bond acceptors (Lipinski definition) is 3. The van der Waals surface area contributed by atoms with Crippen LogP contribution in [-0.2, 0) is 6.42 Å². The first-order valence-electron chi connectivity index (χ1n) is 9.48. The normalized spacial score (nSPS) is 13.2. The van der Waals surface area contributed by atoms with Crippen LogP contribution in [-0.4, -0.2) is 24.2 Å². The molecule has 1 heterocycles. The van der Waals surface area contributed by atoms with Crippen molar-refractivity contribution in [3.63, 3.8) is 0 Å². The monoisotopic (exact) mass is 382 g/mol. The SMILES string of the molecule is CC(C)CCOc1ccc(C(=O)NC(=S)N2CCCc3ccccc32)cc1. The van der Waals surface area contributed by atoms with Crippen molar-refractivity contribution in [2.75, 3.05) is 18.1 Å². The third kappa shape index (κ3) is 5.07. The van der Waals surface area contributed by atoms with Crippen LogP contribution in [0.5, 0.6) is 5.75 Å². The lowest BCUT2D eigenvalue weighted by Gasteiger charge is -2.31. The zero-order valence-corrected chi connectivity index (χ0v) is 16.7. The van der Waals surface area contributed by atoms with Crippen LogP contribution in [0.15, 0.2) is 48.5 Å². The van der Waals surface area contributed by atoms with E-state index in [4.69, 9.17) is 17.0 Å². The molecule has 0 aliphatic carbocycles. The molecule has 5 heteroatoms. The predicted octanol–water partition coefficient (Wildman–Crippen LogP) is 4.58. The smallest absolute Gasteiger partial charge is 0.257 e. The Labute approximate surface area is 166 Å². The van der Waals surface area contributed by atoms with Gasteiger partial charge in [0.1, 0.15) is 5.75 Å². The van der Waals surface area contributed by atoms with Gasteiger partial charge in [-0.25, -0.2) is 0 Å². The van der Waals surface area contributed by atoms with Crippen LogP contribution in [0.1, 0.15) is 42.6 Å². The summed E-state index contributed by atoms with van der Waals surface area (Å²) in [6.07, 6.45) is 3.07. The van der Waals surface area contributed by atoms with Gasteiger partial charge >= 0.3 is 0 Å². The van der Waals surface area contributed by atoms with E-state index in [1.165, 1.54) is 5.56 Å². The maximum atomic E-state index is 12.6. The Balaban J connectivity index is 1.60. The third-order valence-corrected chi connectivity index (χ3v) is 4.98. The van der Waals surface area contributed by atoms with Gasteiger partial charge in [0.15, 0.2) is 5.11 Å². The van der Waals surface area contributed by atoms with E-state index in [2.05, 4.69) is 31.3 Å². The van der Waals surface area contributed by atoms with Gasteiger partial charge in [-0.3, -0.25) is 10.1 Å². The number of fused-ring (bicyclic) bond motifs is 1. The molecule has 1 N–H and O–H groups in total. The molecule has 0 saturated heterocycles. The molecule has 142 valence electrons. The zero-order valence-electron chi connectivity index (χ0n) is 15.9. The Morgan fingerprint density at radius 2 is 1.93 bits per heavy atom. The largest absolute Gasteiger partial charge is 0.494 e. The molecule has 2 aromatic carbocycles. The van der Waals surface area contributed by atoms with Gasteiger partial charge in [-0.15, -0.1) is 0 Å². The second kappa shape index (κ2) is 9.00. The van der Waals surface area contributed by atoms with Crippen LogP contribution in [0.4, 0.5) is 5.69 Å². The molecule has 1 aliphatic rings. The standard InChI is InChI=1S/C22H26N2O2S/c1-16(2)13-15-26-19-11-9-18(10-12-19)21(25)23-22(27)24-14-5-7-17-6-3-4-8-20(17)24/h3-4,6,8-12,16H,5,7,13-15H2,1-2H3,(H,23,25,27). The van der Waals surface area contributed by atoms with Crippen molar-refractivity contribution in [3.8, 4) is 5.75 Å². The molecule has 0 fully saturated rings. The number of anilines is 1. The van der Waals surface area contributed by atoms with Gasteiger partial charge in [-0.05, 0) is 73.3 Å². The summed E-state index contributed by atoms with van der Waals surface area (Å²) in [5, 5.41) is 3.31. The molecule has 0 spiro atoms. The first kappa shape index (κ1) is 19.4. The molecule has 0 bridgehead atoms. The van der Waals surface area contributed by atoms with Crippen LogP contribution in [0.25, 0.3) is 0 Å². The predicted molar refractivity (Wildman–Crippen MR) is 114 cm³/mol. The fourth-order valence-corrected chi connectivity index (χ4v) is 3.38. The van der Waals surface area contributed by atoms with Gasteiger partial charge in [0.25, 0.3) is 5.91 Å². The van der Waals surface area contributed by atoms with Gasteiger partial charge in [0, 0.05) is 17.8 Å². The Hall–Kier alpha value is -2.40. The van der Waals surface area contributed by atoms with Gasteiger partial charge in [-0.1, -0.05) is 32.0 Å². The topological polar surface area (TPSA) is 41.6 Å². The van der Waals surface area contributed by atoms with Crippen LogP contribution in [0.2, 0.25) is 0 Å². The molecule has 3 rings (SSSR count). The average molecular weight is 383 g/mol. The summed E-state index contributed by atoms with van der Waals surface area (Å²) < 4.78 is 5.70. The number of benzene rings is 2. The Morgan fingerprint density at radius 1 is 1.19 bits per heavy atom. The Kier molecular flexibility index (Phi) is 6.45. The van der Waals surface area contributed by atoms with Crippen molar-refractivity contribution in [3.05, 3.63) is 59.7 Å². The van der Waals surface area contributed by atoms with Gasteiger partial charge in [0.2, 0.25) is 0 Å². The van der Waals surface area contributed by atoms with Crippen molar-refractivity contribution in [2.45, 2.75) is 33.1 Å². The summed E-state index contributed by atoms with van der Waals surface area (Å²) in [6.45, 7) is 5.83. The van der Waals surface area contributed by atoms with Crippen LogP contribution in [0, 0.1) is 5.92 Å². The Bertz CT molecular complexity index is 802. The summed E-state index contributed by atoms with van der Waals surface area (Å²) >= 11 is 5.50. The van der Waals surface area contributed by atoms with Crippen molar-refractivity contribution in [1.82, 2.24) is 5.32 Å². The molecule has 4 nitrogen and oxygen atoms in total. The number of ether oxygens (including phenoxy) is 1. The van der Waals surface area contributed by atoms with E-state index in [1.807, 2.05) is 29.2 Å². The minimum Gasteiger partial charge on any atom is -0.494 e.